The quantitative estimate of drug-likeness (QED) is 0.755. The van der Waals surface area contributed by atoms with Gasteiger partial charge in [0.15, 0.2) is 5.65 Å². The number of hydrogen-bond donors (Lipinski definition) is 1. The highest BCUT2D eigenvalue weighted by molar-refractivity contribution is 5.75. The molecule has 0 spiro atoms. The molecule has 2 heterocycles. The number of carbonyl (C=O) groups is 1. The minimum atomic E-state index is -1.09. The first-order valence-electron chi connectivity index (χ1n) is 5.87. The second-order valence-electron chi connectivity index (χ2n) is 4.20. The molecule has 0 atom stereocenters. The highest BCUT2D eigenvalue weighted by Crippen LogP contribution is 2.12. The predicted molar refractivity (Wildman–Crippen MR) is 70.8 cm³/mol. The highest BCUT2D eigenvalue weighted by Gasteiger charge is 2.12. The molecule has 100 valence electrons. The Morgan fingerprint density at radius 2 is 2.00 bits per heavy atom. The molecule has 0 saturated carbocycles. The Labute approximate surface area is 112 Å². The number of aromatic nitrogens is 4. The van der Waals surface area contributed by atoms with E-state index in [4.69, 9.17) is 5.11 Å². The van der Waals surface area contributed by atoms with E-state index in [1.54, 1.807) is 4.68 Å². The van der Waals surface area contributed by atoms with Crippen LogP contribution in [0.1, 0.15) is 0 Å². The second-order valence-corrected chi connectivity index (χ2v) is 4.20. The van der Waals surface area contributed by atoms with Crippen LogP contribution in [0.5, 0.6) is 0 Å². The molecule has 2 aromatic heterocycles. The summed E-state index contributed by atoms with van der Waals surface area (Å²) in [5.74, 6) is -1.09. The number of carboxylic acids is 1. The molecule has 0 aliphatic carbocycles. The van der Waals surface area contributed by atoms with E-state index in [1.807, 2.05) is 30.3 Å². The van der Waals surface area contributed by atoms with Gasteiger partial charge in [-0.1, -0.05) is 18.2 Å². The summed E-state index contributed by atoms with van der Waals surface area (Å²) in [5.41, 5.74) is 0.771. The van der Waals surface area contributed by atoms with Gasteiger partial charge in [-0.3, -0.25) is 14.2 Å². The van der Waals surface area contributed by atoms with E-state index in [9.17, 15) is 9.59 Å². The summed E-state index contributed by atoms with van der Waals surface area (Å²) in [6.07, 6.45) is 2.62. The molecular formula is C13H10N4O3. The van der Waals surface area contributed by atoms with E-state index in [2.05, 4.69) is 10.1 Å². The van der Waals surface area contributed by atoms with Crippen LogP contribution in [0.4, 0.5) is 0 Å². The third-order valence-electron chi connectivity index (χ3n) is 2.86. The van der Waals surface area contributed by atoms with Crippen molar-refractivity contribution in [1.82, 2.24) is 19.3 Å². The smallest absolute Gasteiger partial charge is 0.323 e. The average molecular weight is 270 g/mol. The summed E-state index contributed by atoms with van der Waals surface area (Å²) >= 11 is 0. The molecule has 3 aromatic rings. The van der Waals surface area contributed by atoms with Crippen molar-refractivity contribution in [3.63, 3.8) is 0 Å². The van der Waals surface area contributed by atoms with Gasteiger partial charge in [0, 0.05) is 0 Å². The van der Waals surface area contributed by atoms with E-state index < -0.39 is 18.1 Å². The van der Waals surface area contributed by atoms with Crippen LogP contribution >= 0.6 is 0 Å². The molecule has 0 bridgehead atoms. The van der Waals surface area contributed by atoms with Gasteiger partial charge in [0.05, 0.1) is 11.9 Å². The molecule has 1 aromatic carbocycles. The van der Waals surface area contributed by atoms with E-state index in [0.717, 1.165) is 10.3 Å². The van der Waals surface area contributed by atoms with Gasteiger partial charge in [0.2, 0.25) is 0 Å². The van der Waals surface area contributed by atoms with Crippen LogP contribution < -0.4 is 5.56 Å². The molecule has 0 radical (unpaired) electrons. The summed E-state index contributed by atoms with van der Waals surface area (Å²) in [7, 11) is 0. The van der Waals surface area contributed by atoms with Gasteiger partial charge in [0.25, 0.3) is 5.56 Å². The Kier molecular flexibility index (Phi) is 2.79. The predicted octanol–water partition coefficient (Wildman–Crippen LogP) is 0.667. The molecule has 0 aliphatic rings. The Morgan fingerprint density at radius 3 is 2.70 bits per heavy atom. The first-order valence-corrected chi connectivity index (χ1v) is 5.87. The summed E-state index contributed by atoms with van der Waals surface area (Å²) < 4.78 is 2.59. The van der Waals surface area contributed by atoms with Crippen molar-refractivity contribution in [3.8, 4) is 5.69 Å². The molecule has 7 nitrogen and oxygen atoms in total. The van der Waals surface area contributed by atoms with Gasteiger partial charge in [-0.2, -0.15) is 5.10 Å². The summed E-state index contributed by atoms with van der Waals surface area (Å²) in [4.78, 5) is 26.9. The van der Waals surface area contributed by atoms with Crippen LogP contribution in [-0.2, 0) is 11.3 Å². The first-order chi connectivity index (χ1) is 9.66. The van der Waals surface area contributed by atoms with E-state index >= 15 is 0 Å². The van der Waals surface area contributed by atoms with Gasteiger partial charge in [-0.15, -0.1) is 0 Å². The first kappa shape index (κ1) is 12.1. The number of aliphatic carboxylic acids is 1. The van der Waals surface area contributed by atoms with E-state index in [1.165, 1.54) is 12.5 Å². The maximum absolute atomic E-state index is 12.1. The lowest BCUT2D eigenvalue weighted by Crippen LogP contribution is -2.24. The van der Waals surface area contributed by atoms with Crippen molar-refractivity contribution in [3.05, 3.63) is 53.2 Å². The van der Waals surface area contributed by atoms with Crippen LogP contribution in [0.3, 0.4) is 0 Å². The van der Waals surface area contributed by atoms with Gasteiger partial charge in [-0.05, 0) is 12.1 Å². The van der Waals surface area contributed by atoms with Crippen molar-refractivity contribution in [2.45, 2.75) is 6.54 Å². The van der Waals surface area contributed by atoms with Crippen LogP contribution in [-0.4, -0.2) is 30.4 Å². The molecule has 7 heteroatoms. The Bertz CT molecular complexity index is 836. The van der Waals surface area contributed by atoms with E-state index in [-0.39, 0.29) is 5.39 Å². The Balaban J connectivity index is 2.18. The summed E-state index contributed by atoms with van der Waals surface area (Å²) in [5, 5.41) is 13.2. The standard InChI is InChI=1S/C13H10N4O3/c18-11(19)7-16-8-14-12-10(13(16)20)6-15-17(12)9-4-2-1-3-5-9/h1-6,8H,7H2,(H,18,19). The van der Waals surface area contributed by atoms with Gasteiger partial charge in [-0.25, -0.2) is 9.67 Å². The lowest BCUT2D eigenvalue weighted by molar-refractivity contribution is -0.137. The largest absolute Gasteiger partial charge is 0.480 e. The van der Waals surface area contributed by atoms with Crippen molar-refractivity contribution < 1.29 is 9.90 Å². The van der Waals surface area contributed by atoms with Gasteiger partial charge < -0.3 is 5.11 Å². The minimum Gasteiger partial charge on any atom is -0.480 e. The van der Waals surface area contributed by atoms with Crippen LogP contribution in [0.15, 0.2) is 47.7 Å². The Morgan fingerprint density at radius 1 is 1.25 bits per heavy atom. The number of rotatable bonds is 3. The molecule has 0 saturated heterocycles. The monoisotopic (exact) mass is 270 g/mol. The lowest BCUT2D eigenvalue weighted by Gasteiger charge is -2.03. The average Bonchev–Trinajstić information content (AvgIpc) is 2.87. The molecule has 20 heavy (non-hydrogen) atoms. The van der Waals surface area contributed by atoms with Crippen molar-refractivity contribution in [1.29, 1.82) is 0 Å². The second kappa shape index (κ2) is 4.61. The molecular weight excluding hydrogens is 260 g/mol. The SMILES string of the molecule is O=C(O)Cn1cnc2c(cnn2-c2ccccc2)c1=O. The molecule has 0 aliphatic heterocycles. The topological polar surface area (TPSA) is 90.0 Å². The Hall–Kier alpha value is -2.96. The molecule has 0 amide bonds. The fraction of sp³-hybridized carbons (Fsp3) is 0.0769. The van der Waals surface area contributed by atoms with Crippen molar-refractivity contribution in [2.24, 2.45) is 0 Å². The molecule has 3 rings (SSSR count). The number of nitrogens with zero attached hydrogens (tertiary/aromatic N) is 4. The van der Waals surface area contributed by atoms with Gasteiger partial charge in [0.1, 0.15) is 18.3 Å². The maximum atomic E-state index is 12.1. The zero-order valence-corrected chi connectivity index (χ0v) is 10.3. The zero-order chi connectivity index (χ0) is 14.1. The minimum absolute atomic E-state index is 0.289. The number of carboxylic acid groups (broad SMARTS) is 1. The van der Waals surface area contributed by atoms with Gasteiger partial charge >= 0.3 is 5.97 Å². The number of hydrogen-bond acceptors (Lipinski definition) is 4. The summed E-state index contributed by atoms with van der Waals surface area (Å²) in [6, 6.07) is 9.28. The molecule has 0 unspecified atom stereocenters. The third kappa shape index (κ3) is 1.95. The molecule has 1 N–H and O–H groups in total. The normalized spacial score (nSPS) is 10.8. The van der Waals surface area contributed by atoms with E-state index in [0.29, 0.717) is 5.65 Å². The third-order valence-corrected chi connectivity index (χ3v) is 2.86. The van der Waals surface area contributed by atoms with Crippen molar-refractivity contribution in [2.75, 3.05) is 0 Å². The highest BCUT2D eigenvalue weighted by atomic mass is 16.4. The molecule has 0 fully saturated rings. The van der Waals surface area contributed by atoms with Crippen LogP contribution in [0.2, 0.25) is 0 Å². The number of para-hydroxylation sites is 1. The maximum Gasteiger partial charge on any atom is 0.323 e. The summed E-state index contributed by atoms with van der Waals surface area (Å²) in [6.45, 7) is -0.418. The fourth-order valence-electron chi connectivity index (χ4n) is 1.97. The lowest BCUT2D eigenvalue weighted by atomic mass is 10.3. The zero-order valence-electron chi connectivity index (χ0n) is 10.3. The fourth-order valence-corrected chi connectivity index (χ4v) is 1.97. The number of benzene rings is 1. The van der Waals surface area contributed by atoms with Crippen molar-refractivity contribution >= 4 is 17.0 Å². The number of fused-ring (bicyclic) bond motifs is 1. The van der Waals surface area contributed by atoms with Crippen LogP contribution in [0, 0.1) is 0 Å². The van der Waals surface area contributed by atoms with Crippen LogP contribution in [0.25, 0.3) is 16.7 Å².